The van der Waals surface area contributed by atoms with Crippen molar-refractivity contribution in [2.45, 2.75) is 77.4 Å². The van der Waals surface area contributed by atoms with Crippen LogP contribution in [-0.4, -0.2) is 33.9 Å². The van der Waals surface area contributed by atoms with Crippen molar-refractivity contribution >= 4 is 13.9 Å². The number of hydrogen-bond donors (Lipinski definition) is 0. The van der Waals surface area contributed by atoms with Gasteiger partial charge in [0.15, 0.2) is 0 Å². The van der Waals surface area contributed by atoms with E-state index in [4.69, 9.17) is 4.43 Å². The molecule has 3 heteroatoms. The van der Waals surface area contributed by atoms with Gasteiger partial charge in [-0.3, -0.25) is 0 Å². The standard InChI is InChI=1S/C29H43NOSi/c1-21(2)32(22(3)4,23(5)6)31-26-17-18-28-25(20-26)16-15-24-12-9-10-13-27(24)29(28)14-11-19-30(7)8/h9-10,12-14,17-18,20-23H,11,15-16,19H2,1-8H3/b29-14-. The van der Waals surface area contributed by atoms with Gasteiger partial charge in [-0.05, 0) is 89.9 Å². The zero-order chi connectivity index (χ0) is 23.5. The highest BCUT2D eigenvalue weighted by atomic mass is 28.4. The van der Waals surface area contributed by atoms with Crippen molar-refractivity contribution in [2.75, 3.05) is 20.6 Å². The molecule has 3 rings (SSSR count). The minimum absolute atomic E-state index is 0.576. The van der Waals surface area contributed by atoms with Gasteiger partial charge >= 0.3 is 0 Å². The summed E-state index contributed by atoms with van der Waals surface area (Å²) in [6.45, 7) is 15.2. The smallest absolute Gasteiger partial charge is 0.258 e. The van der Waals surface area contributed by atoms with Gasteiger partial charge in [-0.15, -0.1) is 0 Å². The lowest BCUT2D eigenvalue weighted by Crippen LogP contribution is -2.50. The minimum Gasteiger partial charge on any atom is -0.543 e. The summed E-state index contributed by atoms with van der Waals surface area (Å²) in [6.07, 6.45) is 5.64. The lowest BCUT2D eigenvalue weighted by Gasteiger charge is -2.42. The number of aryl methyl sites for hydroxylation is 2. The van der Waals surface area contributed by atoms with Crippen LogP contribution in [0.15, 0.2) is 48.5 Å². The number of hydrogen-bond acceptors (Lipinski definition) is 2. The summed E-state index contributed by atoms with van der Waals surface area (Å²) < 4.78 is 7.03. The van der Waals surface area contributed by atoms with E-state index in [0.29, 0.717) is 16.6 Å². The van der Waals surface area contributed by atoms with Crippen molar-refractivity contribution < 1.29 is 4.43 Å². The molecule has 0 spiro atoms. The molecule has 0 fully saturated rings. The van der Waals surface area contributed by atoms with E-state index >= 15 is 0 Å². The first kappa shape index (κ1) is 24.8. The minimum atomic E-state index is -1.96. The predicted molar refractivity (Wildman–Crippen MR) is 142 cm³/mol. The molecule has 0 heterocycles. The van der Waals surface area contributed by atoms with Crippen molar-refractivity contribution in [3.8, 4) is 5.75 Å². The van der Waals surface area contributed by atoms with Gasteiger partial charge in [-0.25, -0.2) is 0 Å². The predicted octanol–water partition coefficient (Wildman–Crippen LogP) is 7.72. The van der Waals surface area contributed by atoms with Gasteiger partial charge in [0.1, 0.15) is 5.75 Å². The fourth-order valence-electron chi connectivity index (χ4n) is 5.76. The van der Waals surface area contributed by atoms with Crippen LogP contribution >= 0.6 is 0 Å². The third kappa shape index (κ3) is 5.04. The topological polar surface area (TPSA) is 12.5 Å². The fourth-order valence-corrected chi connectivity index (χ4v) is 11.0. The van der Waals surface area contributed by atoms with E-state index in [-0.39, 0.29) is 0 Å². The summed E-state index contributed by atoms with van der Waals surface area (Å²) in [7, 11) is 2.33. The highest BCUT2D eigenvalue weighted by molar-refractivity contribution is 6.78. The lowest BCUT2D eigenvalue weighted by molar-refractivity contribution is 0.417. The molecule has 32 heavy (non-hydrogen) atoms. The summed E-state index contributed by atoms with van der Waals surface area (Å²) in [4.78, 5) is 2.26. The second kappa shape index (κ2) is 10.4. The van der Waals surface area contributed by atoms with Gasteiger partial charge in [0, 0.05) is 6.54 Å². The second-order valence-electron chi connectivity index (χ2n) is 10.6. The molecule has 0 bridgehead atoms. The van der Waals surface area contributed by atoms with Crippen LogP contribution in [0.1, 0.15) is 70.2 Å². The Labute approximate surface area is 197 Å². The SMILES string of the molecule is CC(C)[Si](Oc1ccc2c(c1)CCc1ccccc1/C2=C/CCN(C)C)(C(C)C)C(C)C. The summed E-state index contributed by atoms with van der Waals surface area (Å²) in [5.41, 5.74) is 8.78. The average molecular weight is 450 g/mol. The van der Waals surface area contributed by atoms with Gasteiger partial charge < -0.3 is 9.33 Å². The number of nitrogens with zero attached hydrogens (tertiary/aromatic N) is 1. The fraction of sp³-hybridized carbons (Fsp3) is 0.517. The highest BCUT2D eigenvalue weighted by Gasteiger charge is 2.47. The van der Waals surface area contributed by atoms with E-state index in [2.05, 4.69) is 109 Å². The van der Waals surface area contributed by atoms with Crippen LogP contribution in [0.4, 0.5) is 0 Å². The zero-order valence-electron chi connectivity index (χ0n) is 21.5. The molecule has 0 atom stereocenters. The van der Waals surface area contributed by atoms with Crippen LogP contribution < -0.4 is 4.43 Å². The molecule has 0 saturated carbocycles. The maximum absolute atomic E-state index is 7.03. The molecule has 2 nitrogen and oxygen atoms in total. The first-order chi connectivity index (χ1) is 15.2. The summed E-state index contributed by atoms with van der Waals surface area (Å²) in [6, 6.07) is 15.9. The molecule has 0 N–H and O–H groups in total. The third-order valence-corrected chi connectivity index (χ3v) is 13.3. The Bertz CT molecular complexity index is 920. The molecule has 0 unspecified atom stereocenters. The summed E-state index contributed by atoms with van der Waals surface area (Å²) in [5, 5.41) is 0. The van der Waals surface area contributed by atoms with Gasteiger partial charge in [-0.2, -0.15) is 0 Å². The Morgan fingerprint density at radius 3 is 2.06 bits per heavy atom. The van der Waals surface area contributed by atoms with Crippen molar-refractivity contribution in [3.05, 3.63) is 70.8 Å². The number of rotatable bonds is 8. The Morgan fingerprint density at radius 2 is 1.44 bits per heavy atom. The molecule has 2 aromatic rings. The van der Waals surface area contributed by atoms with Crippen molar-refractivity contribution in [3.63, 3.8) is 0 Å². The lowest BCUT2D eigenvalue weighted by atomic mass is 9.93. The van der Waals surface area contributed by atoms with Gasteiger partial charge in [0.2, 0.25) is 0 Å². The van der Waals surface area contributed by atoms with Crippen LogP contribution in [-0.2, 0) is 12.8 Å². The van der Waals surface area contributed by atoms with Crippen molar-refractivity contribution in [2.24, 2.45) is 0 Å². The van der Waals surface area contributed by atoms with E-state index in [1.54, 1.807) is 0 Å². The first-order valence-corrected chi connectivity index (χ1v) is 14.6. The maximum atomic E-state index is 7.03. The average Bonchev–Trinajstić information content (AvgIpc) is 2.88. The quantitative estimate of drug-likeness (QED) is 0.382. The first-order valence-electron chi connectivity index (χ1n) is 12.4. The van der Waals surface area contributed by atoms with Gasteiger partial charge in [-0.1, -0.05) is 78.0 Å². The molecule has 0 aliphatic heterocycles. The Kier molecular flexibility index (Phi) is 8.05. The molecular formula is C29H43NOSi. The number of benzene rings is 2. The van der Waals surface area contributed by atoms with Crippen LogP contribution in [0.2, 0.25) is 16.6 Å². The largest absolute Gasteiger partial charge is 0.543 e. The third-order valence-electron chi connectivity index (χ3n) is 7.26. The number of fused-ring (bicyclic) bond motifs is 2. The Hall–Kier alpha value is -1.84. The molecule has 1 aliphatic carbocycles. The van der Waals surface area contributed by atoms with Crippen LogP contribution in [0.25, 0.3) is 5.57 Å². The van der Waals surface area contributed by atoms with E-state index < -0.39 is 8.32 Å². The molecule has 0 saturated heterocycles. The van der Waals surface area contributed by atoms with Gasteiger partial charge in [0.05, 0.1) is 0 Å². The molecule has 0 amide bonds. The second-order valence-corrected chi connectivity index (χ2v) is 16.0. The van der Waals surface area contributed by atoms with E-state index in [1.807, 2.05) is 0 Å². The molecule has 2 aromatic carbocycles. The highest BCUT2D eigenvalue weighted by Crippen LogP contribution is 2.44. The maximum Gasteiger partial charge on any atom is 0.258 e. The summed E-state index contributed by atoms with van der Waals surface area (Å²) >= 11 is 0. The van der Waals surface area contributed by atoms with E-state index in [1.165, 1.54) is 27.8 Å². The van der Waals surface area contributed by atoms with E-state index in [0.717, 1.165) is 31.6 Å². The molecule has 0 aromatic heterocycles. The molecule has 1 aliphatic rings. The zero-order valence-corrected chi connectivity index (χ0v) is 22.5. The normalized spacial score (nSPS) is 15.4. The monoisotopic (exact) mass is 449 g/mol. The summed E-state index contributed by atoms with van der Waals surface area (Å²) in [5.74, 6) is 1.07. The van der Waals surface area contributed by atoms with Gasteiger partial charge in [0.25, 0.3) is 8.32 Å². The van der Waals surface area contributed by atoms with Crippen molar-refractivity contribution in [1.29, 1.82) is 0 Å². The molecular weight excluding hydrogens is 406 g/mol. The Morgan fingerprint density at radius 1 is 0.844 bits per heavy atom. The Balaban J connectivity index is 2.03. The van der Waals surface area contributed by atoms with Crippen LogP contribution in [0, 0.1) is 0 Å². The van der Waals surface area contributed by atoms with Crippen molar-refractivity contribution in [1.82, 2.24) is 4.90 Å². The molecule has 174 valence electrons. The van der Waals surface area contributed by atoms with E-state index in [9.17, 15) is 0 Å². The molecule has 0 radical (unpaired) electrons. The van der Waals surface area contributed by atoms with Crippen LogP contribution in [0.5, 0.6) is 5.75 Å². The van der Waals surface area contributed by atoms with Crippen LogP contribution in [0.3, 0.4) is 0 Å².